The number of benzene rings is 1. The van der Waals surface area contributed by atoms with Gasteiger partial charge in [0.1, 0.15) is 5.82 Å². The summed E-state index contributed by atoms with van der Waals surface area (Å²) in [5, 5.41) is 1.59. The first-order chi connectivity index (χ1) is 14.8. The third kappa shape index (κ3) is 4.86. The van der Waals surface area contributed by atoms with E-state index >= 15 is 0 Å². The van der Waals surface area contributed by atoms with Crippen LogP contribution in [0.2, 0.25) is 0 Å². The number of nitrogens with one attached hydrogen (secondary N) is 1. The van der Waals surface area contributed by atoms with E-state index in [9.17, 15) is 12.8 Å². The fourth-order valence-corrected chi connectivity index (χ4v) is 5.40. The van der Waals surface area contributed by atoms with Crippen molar-refractivity contribution in [1.29, 1.82) is 0 Å². The molecule has 0 saturated carbocycles. The lowest BCUT2D eigenvalue weighted by Gasteiger charge is -2.28. The molecule has 0 bridgehead atoms. The number of hydrogen-bond donors (Lipinski definition) is 1. The molecule has 164 valence electrons. The SMILES string of the molecule is Cc1cc(S(=O)(=O)Nc2cscn2)ncc1N(C)[C@H]1CCN(Cc2ccccc2F)C1. The van der Waals surface area contributed by atoms with Crippen molar-refractivity contribution < 1.29 is 12.8 Å². The van der Waals surface area contributed by atoms with E-state index in [0.717, 1.165) is 30.8 Å². The van der Waals surface area contributed by atoms with Crippen LogP contribution in [0.3, 0.4) is 0 Å². The van der Waals surface area contributed by atoms with Gasteiger partial charge in [-0.05, 0) is 31.0 Å². The van der Waals surface area contributed by atoms with Gasteiger partial charge in [-0.25, -0.2) is 14.4 Å². The maximum absolute atomic E-state index is 14.0. The smallest absolute Gasteiger partial charge is 0.280 e. The molecule has 1 atom stereocenters. The minimum Gasteiger partial charge on any atom is -0.369 e. The monoisotopic (exact) mass is 461 g/mol. The van der Waals surface area contributed by atoms with Crippen LogP contribution in [-0.2, 0) is 16.6 Å². The minimum atomic E-state index is -3.79. The van der Waals surface area contributed by atoms with Gasteiger partial charge in [0.25, 0.3) is 10.0 Å². The summed E-state index contributed by atoms with van der Waals surface area (Å²) in [6.45, 7) is 4.13. The lowest BCUT2D eigenvalue weighted by molar-refractivity contribution is 0.320. The van der Waals surface area contributed by atoms with Gasteiger partial charge in [0.05, 0.1) is 17.4 Å². The number of aryl methyl sites for hydroxylation is 1. The zero-order valence-corrected chi connectivity index (χ0v) is 19.0. The first-order valence-corrected chi connectivity index (χ1v) is 12.3. The van der Waals surface area contributed by atoms with Gasteiger partial charge in [0.15, 0.2) is 10.8 Å². The lowest BCUT2D eigenvalue weighted by Crippen LogP contribution is -2.35. The molecule has 7 nitrogen and oxygen atoms in total. The van der Waals surface area contributed by atoms with Crippen molar-refractivity contribution in [3.63, 3.8) is 0 Å². The van der Waals surface area contributed by atoms with Gasteiger partial charge in [-0.15, -0.1) is 11.3 Å². The molecule has 2 aromatic heterocycles. The second kappa shape index (κ2) is 8.89. The van der Waals surface area contributed by atoms with Gasteiger partial charge in [-0.2, -0.15) is 8.42 Å². The summed E-state index contributed by atoms with van der Waals surface area (Å²) in [5.41, 5.74) is 3.96. The Kier molecular flexibility index (Phi) is 6.22. The van der Waals surface area contributed by atoms with E-state index in [2.05, 4.69) is 24.5 Å². The first kappa shape index (κ1) is 21.7. The van der Waals surface area contributed by atoms with E-state index in [0.29, 0.717) is 12.1 Å². The van der Waals surface area contributed by atoms with Crippen molar-refractivity contribution in [3.05, 3.63) is 64.4 Å². The van der Waals surface area contributed by atoms with Crippen molar-refractivity contribution in [2.45, 2.75) is 31.0 Å². The Balaban J connectivity index is 1.44. The van der Waals surface area contributed by atoms with Crippen molar-refractivity contribution in [1.82, 2.24) is 14.9 Å². The van der Waals surface area contributed by atoms with Crippen molar-refractivity contribution in [2.24, 2.45) is 0 Å². The summed E-state index contributed by atoms with van der Waals surface area (Å²) < 4.78 is 41.6. The highest BCUT2D eigenvalue weighted by molar-refractivity contribution is 7.92. The zero-order valence-electron chi connectivity index (χ0n) is 17.3. The van der Waals surface area contributed by atoms with Crippen LogP contribution >= 0.6 is 11.3 Å². The molecule has 1 fully saturated rings. The summed E-state index contributed by atoms with van der Waals surface area (Å²) >= 11 is 1.31. The quantitative estimate of drug-likeness (QED) is 0.580. The second-order valence-electron chi connectivity index (χ2n) is 7.67. The van der Waals surface area contributed by atoms with Gasteiger partial charge in [-0.3, -0.25) is 9.62 Å². The van der Waals surface area contributed by atoms with Crippen LogP contribution in [0.15, 0.2) is 52.4 Å². The Morgan fingerprint density at radius 1 is 1.32 bits per heavy atom. The third-order valence-corrected chi connectivity index (χ3v) is 7.37. The number of pyridine rings is 1. The molecule has 0 amide bonds. The number of halogens is 1. The number of rotatable bonds is 7. The molecular formula is C21H24FN5O2S2. The number of anilines is 2. The number of likely N-dealkylation sites (tertiary alicyclic amines) is 1. The Labute approximate surface area is 185 Å². The number of nitrogens with zero attached hydrogens (tertiary/aromatic N) is 4. The molecule has 0 radical (unpaired) electrons. The first-order valence-electron chi connectivity index (χ1n) is 9.90. The highest BCUT2D eigenvalue weighted by atomic mass is 32.2. The zero-order chi connectivity index (χ0) is 22.0. The van der Waals surface area contributed by atoms with Gasteiger partial charge in [0, 0.05) is 43.7 Å². The van der Waals surface area contributed by atoms with Gasteiger partial charge in [0.2, 0.25) is 0 Å². The molecule has 1 N–H and O–H groups in total. The molecule has 0 spiro atoms. The molecular weight excluding hydrogens is 437 g/mol. The normalized spacial score (nSPS) is 17.1. The topological polar surface area (TPSA) is 78.4 Å². The molecule has 1 saturated heterocycles. The summed E-state index contributed by atoms with van der Waals surface area (Å²) in [6.07, 6.45) is 2.54. The molecule has 1 aliphatic rings. The predicted molar refractivity (Wildman–Crippen MR) is 120 cm³/mol. The van der Waals surface area contributed by atoms with Gasteiger partial charge < -0.3 is 4.90 Å². The van der Waals surface area contributed by atoms with E-state index in [4.69, 9.17) is 0 Å². The lowest BCUT2D eigenvalue weighted by atomic mass is 10.1. The van der Waals surface area contributed by atoms with E-state index in [1.807, 2.05) is 26.1 Å². The number of thiazole rings is 1. The maximum atomic E-state index is 14.0. The molecule has 31 heavy (non-hydrogen) atoms. The fourth-order valence-electron chi connectivity index (χ4n) is 3.83. The highest BCUT2D eigenvalue weighted by Crippen LogP contribution is 2.27. The Hall–Kier alpha value is -2.56. The number of aromatic nitrogens is 2. The number of hydrogen-bond acceptors (Lipinski definition) is 7. The predicted octanol–water partition coefficient (Wildman–Crippen LogP) is 3.50. The van der Waals surface area contributed by atoms with Crippen molar-refractivity contribution >= 4 is 32.9 Å². The van der Waals surface area contributed by atoms with E-state index in [-0.39, 0.29) is 22.7 Å². The van der Waals surface area contributed by atoms with Crippen LogP contribution in [0, 0.1) is 12.7 Å². The average Bonchev–Trinajstić information content (AvgIpc) is 3.41. The molecule has 3 heterocycles. The van der Waals surface area contributed by atoms with Crippen LogP contribution in [0.1, 0.15) is 17.5 Å². The van der Waals surface area contributed by atoms with Crippen LogP contribution in [0.4, 0.5) is 15.9 Å². The molecule has 10 heteroatoms. The largest absolute Gasteiger partial charge is 0.369 e. The number of sulfonamides is 1. The number of likely N-dealkylation sites (N-methyl/N-ethyl adjacent to an activating group) is 1. The summed E-state index contributed by atoms with van der Waals surface area (Å²) in [6, 6.07) is 8.68. The molecule has 1 aromatic carbocycles. The van der Waals surface area contributed by atoms with Crippen molar-refractivity contribution in [3.8, 4) is 0 Å². The molecule has 0 unspecified atom stereocenters. The molecule has 1 aliphatic heterocycles. The fraction of sp³-hybridized carbons (Fsp3) is 0.333. The minimum absolute atomic E-state index is 0.0391. The molecule has 0 aliphatic carbocycles. The van der Waals surface area contributed by atoms with E-state index in [1.54, 1.807) is 29.2 Å². The average molecular weight is 462 g/mol. The van der Waals surface area contributed by atoms with Crippen molar-refractivity contribution in [2.75, 3.05) is 29.8 Å². The molecule has 3 aromatic rings. The third-order valence-electron chi connectivity index (χ3n) is 5.53. The van der Waals surface area contributed by atoms with E-state index < -0.39 is 10.0 Å². The van der Waals surface area contributed by atoms with Crippen LogP contribution in [-0.4, -0.2) is 49.5 Å². The van der Waals surface area contributed by atoms with Gasteiger partial charge in [-0.1, -0.05) is 18.2 Å². The van der Waals surface area contributed by atoms with E-state index in [1.165, 1.54) is 17.4 Å². The maximum Gasteiger partial charge on any atom is 0.280 e. The van der Waals surface area contributed by atoms with Gasteiger partial charge >= 0.3 is 0 Å². The molecule has 4 rings (SSSR count). The summed E-state index contributed by atoms with van der Waals surface area (Å²) in [7, 11) is -1.80. The Morgan fingerprint density at radius 3 is 2.84 bits per heavy atom. The Morgan fingerprint density at radius 2 is 2.13 bits per heavy atom. The standard InChI is InChI=1S/C21H24FN5O2S2/c1-15-9-21(31(28,29)25-20-13-30-14-24-20)23-10-19(15)26(2)17-7-8-27(12-17)11-16-5-3-4-6-18(16)22/h3-6,9-10,13-14,17,25H,7-8,11-12H2,1-2H3/t17-/m0/s1. The van der Waals surface area contributed by atoms with Crippen LogP contribution < -0.4 is 9.62 Å². The van der Waals surface area contributed by atoms with Crippen LogP contribution in [0.25, 0.3) is 0 Å². The van der Waals surface area contributed by atoms with Crippen LogP contribution in [0.5, 0.6) is 0 Å². The Bertz CT molecular complexity index is 1150. The highest BCUT2D eigenvalue weighted by Gasteiger charge is 2.28. The second-order valence-corrected chi connectivity index (χ2v) is 10.0. The summed E-state index contributed by atoms with van der Waals surface area (Å²) in [5.74, 6) is 0.106. The summed E-state index contributed by atoms with van der Waals surface area (Å²) in [4.78, 5) is 12.5.